The van der Waals surface area contributed by atoms with Gasteiger partial charge >= 0.3 is 0 Å². The van der Waals surface area contributed by atoms with E-state index in [2.05, 4.69) is 20.8 Å². The van der Waals surface area contributed by atoms with Gasteiger partial charge in [-0.3, -0.25) is 9.89 Å². The summed E-state index contributed by atoms with van der Waals surface area (Å²) >= 11 is 0. The lowest BCUT2D eigenvalue weighted by molar-refractivity contribution is -0.125. The summed E-state index contributed by atoms with van der Waals surface area (Å²) in [4.78, 5) is 12.3. The molecule has 2 aliphatic rings. The zero-order valence-corrected chi connectivity index (χ0v) is 9.75. The van der Waals surface area contributed by atoms with Crippen molar-refractivity contribution >= 4 is 11.7 Å². The van der Waals surface area contributed by atoms with E-state index >= 15 is 0 Å². The van der Waals surface area contributed by atoms with Gasteiger partial charge in [0.15, 0.2) is 5.82 Å². The molecular formula is C11H16N4O2. The van der Waals surface area contributed by atoms with E-state index < -0.39 is 5.41 Å². The van der Waals surface area contributed by atoms with Crippen LogP contribution in [0.5, 0.6) is 0 Å². The number of aromatic nitrogens is 2. The number of aromatic amines is 1. The minimum atomic E-state index is -0.410. The van der Waals surface area contributed by atoms with Crippen molar-refractivity contribution in [2.45, 2.75) is 6.92 Å². The van der Waals surface area contributed by atoms with Crippen LogP contribution in [0, 0.1) is 18.3 Å². The van der Waals surface area contributed by atoms with E-state index in [0.717, 1.165) is 12.2 Å². The van der Waals surface area contributed by atoms with Crippen molar-refractivity contribution in [3.63, 3.8) is 0 Å². The number of hydrogen-bond donors (Lipinski definition) is 3. The van der Waals surface area contributed by atoms with Crippen LogP contribution in [-0.4, -0.2) is 42.4 Å². The van der Waals surface area contributed by atoms with E-state index in [0.29, 0.717) is 25.6 Å². The average molecular weight is 236 g/mol. The molecule has 3 N–H and O–H groups in total. The van der Waals surface area contributed by atoms with Gasteiger partial charge in [0, 0.05) is 30.8 Å². The van der Waals surface area contributed by atoms with Crippen LogP contribution in [0.25, 0.3) is 0 Å². The number of carbonyl (C=O) groups is 1. The van der Waals surface area contributed by atoms with Crippen LogP contribution in [0.1, 0.15) is 5.69 Å². The van der Waals surface area contributed by atoms with Crippen molar-refractivity contribution in [3.8, 4) is 0 Å². The Labute approximate surface area is 99.1 Å². The molecule has 1 aromatic rings. The van der Waals surface area contributed by atoms with Crippen molar-refractivity contribution in [1.82, 2.24) is 15.5 Å². The minimum Gasteiger partial charge on any atom is -0.380 e. The zero-order valence-electron chi connectivity index (χ0n) is 9.75. The van der Waals surface area contributed by atoms with Crippen LogP contribution in [0.2, 0.25) is 0 Å². The van der Waals surface area contributed by atoms with Crippen LogP contribution in [-0.2, 0) is 9.53 Å². The number of fused-ring (bicyclic) bond motifs is 1. The molecule has 0 unspecified atom stereocenters. The topological polar surface area (TPSA) is 79.0 Å². The van der Waals surface area contributed by atoms with Crippen molar-refractivity contribution in [3.05, 3.63) is 11.8 Å². The fourth-order valence-corrected chi connectivity index (χ4v) is 2.63. The van der Waals surface area contributed by atoms with E-state index in [1.54, 1.807) is 0 Å². The third-order valence-electron chi connectivity index (χ3n) is 3.69. The highest BCUT2D eigenvalue weighted by Crippen LogP contribution is 2.38. The molecule has 0 radical (unpaired) electrons. The number of H-pyrrole nitrogens is 1. The summed E-state index contributed by atoms with van der Waals surface area (Å²) in [5, 5.41) is 13.0. The molecule has 0 aliphatic carbocycles. The average Bonchev–Trinajstić information content (AvgIpc) is 2.92. The molecule has 1 aromatic heterocycles. The highest BCUT2D eigenvalue weighted by Gasteiger charge is 2.53. The quantitative estimate of drug-likeness (QED) is 0.669. The van der Waals surface area contributed by atoms with Crippen LogP contribution < -0.4 is 10.6 Å². The number of amides is 1. The summed E-state index contributed by atoms with van der Waals surface area (Å²) in [6.07, 6.45) is 0. The van der Waals surface area contributed by atoms with Gasteiger partial charge in [0.05, 0.1) is 18.6 Å². The summed E-state index contributed by atoms with van der Waals surface area (Å²) in [5.41, 5.74) is 0.522. The van der Waals surface area contributed by atoms with Crippen LogP contribution in [0.4, 0.5) is 5.82 Å². The van der Waals surface area contributed by atoms with Gasteiger partial charge in [0.1, 0.15) is 0 Å². The maximum absolute atomic E-state index is 12.3. The Morgan fingerprint density at radius 3 is 3.35 bits per heavy atom. The third-order valence-corrected chi connectivity index (χ3v) is 3.69. The van der Waals surface area contributed by atoms with Gasteiger partial charge in [-0.25, -0.2) is 0 Å². The van der Waals surface area contributed by atoms with E-state index in [4.69, 9.17) is 4.74 Å². The maximum Gasteiger partial charge on any atom is 0.235 e. The van der Waals surface area contributed by atoms with Gasteiger partial charge in [-0.15, -0.1) is 0 Å². The van der Waals surface area contributed by atoms with E-state index in [-0.39, 0.29) is 11.8 Å². The Kier molecular flexibility index (Phi) is 2.41. The summed E-state index contributed by atoms with van der Waals surface area (Å²) in [7, 11) is 0. The lowest BCUT2D eigenvalue weighted by Gasteiger charge is -2.24. The molecule has 3 rings (SSSR count). The Morgan fingerprint density at radius 2 is 2.59 bits per heavy atom. The van der Waals surface area contributed by atoms with Gasteiger partial charge < -0.3 is 15.4 Å². The first kappa shape index (κ1) is 10.7. The number of ether oxygens (including phenoxy) is 1. The molecule has 0 spiro atoms. The first-order valence-electron chi connectivity index (χ1n) is 5.83. The second kappa shape index (κ2) is 3.82. The molecule has 2 fully saturated rings. The molecule has 0 bridgehead atoms. The van der Waals surface area contributed by atoms with Gasteiger partial charge in [0.25, 0.3) is 0 Å². The SMILES string of the molecule is Cc1cc(NC(=O)[C@]23CNC[C@H]2COC3)n[nH]1. The van der Waals surface area contributed by atoms with E-state index in [1.165, 1.54) is 0 Å². The van der Waals surface area contributed by atoms with Crippen molar-refractivity contribution < 1.29 is 9.53 Å². The van der Waals surface area contributed by atoms with Crippen molar-refractivity contribution in [1.29, 1.82) is 0 Å². The summed E-state index contributed by atoms with van der Waals surface area (Å²) in [6.45, 7) is 4.61. The summed E-state index contributed by atoms with van der Waals surface area (Å²) in [6, 6.07) is 1.82. The molecule has 2 aliphatic heterocycles. The number of carbonyl (C=O) groups excluding carboxylic acids is 1. The monoisotopic (exact) mass is 236 g/mol. The van der Waals surface area contributed by atoms with Crippen LogP contribution in [0.3, 0.4) is 0 Å². The Balaban J connectivity index is 1.77. The van der Waals surface area contributed by atoms with E-state index in [1.807, 2.05) is 13.0 Å². The summed E-state index contributed by atoms with van der Waals surface area (Å²) < 4.78 is 5.45. The zero-order chi connectivity index (χ0) is 11.9. The molecule has 6 nitrogen and oxygen atoms in total. The van der Waals surface area contributed by atoms with Gasteiger partial charge in [-0.2, -0.15) is 5.10 Å². The molecule has 3 heterocycles. The molecule has 17 heavy (non-hydrogen) atoms. The molecule has 2 atom stereocenters. The molecule has 0 saturated carbocycles. The van der Waals surface area contributed by atoms with Crippen LogP contribution >= 0.6 is 0 Å². The molecule has 92 valence electrons. The standard InChI is InChI=1S/C11H16N4O2/c1-7-2-9(15-14-7)13-10(16)11-5-12-3-8(11)4-17-6-11/h2,8,12H,3-6H2,1H3,(H2,13,14,15,16)/t8-,11-/m0/s1. The second-order valence-corrected chi connectivity index (χ2v) is 4.89. The van der Waals surface area contributed by atoms with Gasteiger partial charge in [0.2, 0.25) is 5.91 Å². The number of anilines is 1. The van der Waals surface area contributed by atoms with E-state index in [9.17, 15) is 4.79 Å². The highest BCUT2D eigenvalue weighted by molar-refractivity contribution is 5.95. The predicted molar refractivity (Wildman–Crippen MR) is 61.6 cm³/mol. The fourth-order valence-electron chi connectivity index (χ4n) is 2.63. The number of nitrogens with zero attached hydrogens (tertiary/aromatic N) is 1. The Morgan fingerprint density at radius 1 is 1.71 bits per heavy atom. The van der Waals surface area contributed by atoms with Gasteiger partial charge in [-0.1, -0.05) is 0 Å². The van der Waals surface area contributed by atoms with Crippen molar-refractivity contribution in [2.75, 3.05) is 31.6 Å². The fraction of sp³-hybridized carbons (Fsp3) is 0.636. The smallest absolute Gasteiger partial charge is 0.235 e. The molecular weight excluding hydrogens is 220 g/mol. The largest absolute Gasteiger partial charge is 0.380 e. The molecule has 0 aromatic carbocycles. The first-order valence-corrected chi connectivity index (χ1v) is 5.83. The second-order valence-electron chi connectivity index (χ2n) is 4.89. The normalized spacial score (nSPS) is 31.5. The van der Waals surface area contributed by atoms with Crippen LogP contribution in [0.15, 0.2) is 6.07 Å². The Bertz CT molecular complexity index is 432. The number of nitrogens with one attached hydrogen (secondary N) is 3. The highest BCUT2D eigenvalue weighted by atomic mass is 16.5. The minimum absolute atomic E-state index is 0.0106. The molecule has 2 saturated heterocycles. The molecule has 6 heteroatoms. The predicted octanol–water partition coefficient (Wildman–Crippen LogP) is -0.107. The lowest BCUT2D eigenvalue weighted by Crippen LogP contribution is -2.42. The number of aryl methyl sites for hydroxylation is 1. The number of hydrogen-bond acceptors (Lipinski definition) is 4. The maximum atomic E-state index is 12.3. The Hall–Kier alpha value is -1.40. The third kappa shape index (κ3) is 1.64. The lowest BCUT2D eigenvalue weighted by atomic mass is 9.80. The first-order chi connectivity index (χ1) is 8.21. The summed E-state index contributed by atoms with van der Waals surface area (Å²) in [5.74, 6) is 0.874. The van der Waals surface area contributed by atoms with Gasteiger partial charge in [-0.05, 0) is 6.92 Å². The van der Waals surface area contributed by atoms with Crippen molar-refractivity contribution in [2.24, 2.45) is 11.3 Å². The molecule has 1 amide bonds. The number of rotatable bonds is 2.